The number of nitrogens with zero attached hydrogens (tertiary/aromatic N) is 2. The minimum absolute atomic E-state index is 0.0253. The summed E-state index contributed by atoms with van der Waals surface area (Å²) in [4.78, 5) is 19.8. The number of hydrogen-bond donors (Lipinski definition) is 1. The second kappa shape index (κ2) is 5.59. The van der Waals surface area contributed by atoms with Crippen molar-refractivity contribution in [3.63, 3.8) is 0 Å². The van der Waals surface area contributed by atoms with Crippen LogP contribution < -0.4 is 5.32 Å². The van der Waals surface area contributed by atoms with E-state index in [4.69, 9.17) is 11.6 Å². The second-order valence-electron chi connectivity index (χ2n) is 5.51. The van der Waals surface area contributed by atoms with Gasteiger partial charge in [0.15, 0.2) is 0 Å². The van der Waals surface area contributed by atoms with E-state index in [-0.39, 0.29) is 17.1 Å². The molecule has 2 rings (SSSR count). The summed E-state index contributed by atoms with van der Waals surface area (Å²) in [5.74, 6) is -0.261. The Hall–Kier alpha value is -1.94. The first kappa shape index (κ1) is 14.5. The summed E-state index contributed by atoms with van der Waals surface area (Å²) in [6.45, 7) is 6.36. The third-order valence-corrected chi connectivity index (χ3v) is 3.01. The van der Waals surface area contributed by atoms with E-state index in [0.29, 0.717) is 5.02 Å². The van der Waals surface area contributed by atoms with Gasteiger partial charge in [0.1, 0.15) is 0 Å². The van der Waals surface area contributed by atoms with Crippen LogP contribution in [0.3, 0.4) is 0 Å². The molecule has 104 valence electrons. The van der Waals surface area contributed by atoms with E-state index in [0.717, 1.165) is 11.3 Å². The number of halogens is 1. The molecule has 1 heterocycles. The third kappa shape index (κ3) is 3.54. The minimum Gasteiger partial charge on any atom is -0.319 e. The van der Waals surface area contributed by atoms with E-state index in [1.54, 1.807) is 0 Å². The second-order valence-corrected chi connectivity index (χ2v) is 5.95. The van der Waals surface area contributed by atoms with Gasteiger partial charge in [0.25, 0.3) is 5.91 Å². The molecule has 2 aromatic rings. The zero-order chi connectivity index (χ0) is 14.8. The van der Waals surface area contributed by atoms with Gasteiger partial charge < -0.3 is 5.32 Å². The topological polar surface area (TPSA) is 54.9 Å². The molecule has 5 heteroatoms. The average molecular weight is 290 g/mol. The number of amides is 1. The molecule has 0 aliphatic carbocycles. The normalized spacial score (nSPS) is 11.2. The number of rotatable bonds is 2. The van der Waals surface area contributed by atoms with Crippen LogP contribution in [0.2, 0.25) is 5.02 Å². The highest BCUT2D eigenvalue weighted by atomic mass is 35.5. The molecular weight excluding hydrogens is 274 g/mol. The maximum atomic E-state index is 12.0. The van der Waals surface area contributed by atoms with Crippen molar-refractivity contribution in [1.82, 2.24) is 9.97 Å². The van der Waals surface area contributed by atoms with Crippen LogP contribution in [-0.4, -0.2) is 15.9 Å². The Morgan fingerprint density at radius 2 is 1.85 bits per heavy atom. The number of anilines is 1. The summed E-state index contributed by atoms with van der Waals surface area (Å²) >= 11 is 5.69. The highest BCUT2D eigenvalue weighted by Crippen LogP contribution is 2.24. The van der Waals surface area contributed by atoms with E-state index >= 15 is 0 Å². The molecule has 0 saturated carbocycles. The Balaban J connectivity index is 2.18. The number of carbonyl (C=O) groups is 1. The Labute approximate surface area is 123 Å². The average Bonchev–Trinajstić information content (AvgIpc) is 2.38. The summed E-state index contributed by atoms with van der Waals surface area (Å²) < 4.78 is 0. The van der Waals surface area contributed by atoms with Crippen LogP contribution in [0.15, 0.2) is 36.7 Å². The van der Waals surface area contributed by atoms with Crippen LogP contribution in [0.1, 0.15) is 37.0 Å². The van der Waals surface area contributed by atoms with E-state index in [2.05, 4.69) is 36.1 Å². The number of nitrogens with one attached hydrogen (secondary N) is 1. The molecule has 0 saturated heterocycles. The predicted molar refractivity (Wildman–Crippen MR) is 80.1 cm³/mol. The number of hydrogen-bond acceptors (Lipinski definition) is 3. The zero-order valence-corrected chi connectivity index (χ0v) is 12.4. The van der Waals surface area contributed by atoms with Gasteiger partial charge in [0.05, 0.1) is 5.02 Å². The fourth-order valence-corrected chi connectivity index (χ4v) is 1.78. The molecule has 4 nitrogen and oxygen atoms in total. The number of aromatic nitrogens is 2. The monoisotopic (exact) mass is 289 g/mol. The van der Waals surface area contributed by atoms with Crippen LogP contribution in [0, 0.1) is 0 Å². The molecule has 20 heavy (non-hydrogen) atoms. The molecule has 1 amide bonds. The Kier molecular flexibility index (Phi) is 4.04. The lowest BCUT2D eigenvalue weighted by atomic mass is 9.87. The summed E-state index contributed by atoms with van der Waals surface area (Å²) in [5.41, 5.74) is 1.89. The number of carbonyl (C=O) groups excluding carboxylic acids is 1. The summed E-state index contributed by atoms with van der Waals surface area (Å²) in [7, 11) is 0. The highest BCUT2D eigenvalue weighted by Gasteiger charge is 2.15. The van der Waals surface area contributed by atoms with Crippen LogP contribution >= 0.6 is 11.6 Å². The Bertz CT molecular complexity index is 618. The maximum absolute atomic E-state index is 12.0. The van der Waals surface area contributed by atoms with Gasteiger partial charge in [-0.05, 0) is 23.1 Å². The molecule has 0 aliphatic heterocycles. The van der Waals surface area contributed by atoms with Gasteiger partial charge in [0.2, 0.25) is 5.82 Å². The first-order valence-corrected chi connectivity index (χ1v) is 6.63. The summed E-state index contributed by atoms with van der Waals surface area (Å²) in [5, 5.41) is 3.18. The Morgan fingerprint density at radius 1 is 1.20 bits per heavy atom. The van der Waals surface area contributed by atoms with Gasteiger partial charge in [-0.3, -0.25) is 4.79 Å². The minimum atomic E-state index is -0.354. The smallest absolute Gasteiger partial charge is 0.293 e. The van der Waals surface area contributed by atoms with Crippen LogP contribution in [0.25, 0.3) is 0 Å². The first-order valence-electron chi connectivity index (χ1n) is 6.26. The molecule has 0 aliphatic rings. The maximum Gasteiger partial charge on any atom is 0.293 e. The highest BCUT2D eigenvalue weighted by molar-refractivity contribution is 6.30. The SMILES string of the molecule is CC(C)(C)c1cccc(NC(=O)c2ncc(Cl)cn2)c1. The lowest BCUT2D eigenvalue weighted by Gasteiger charge is -2.19. The van der Waals surface area contributed by atoms with Crippen molar-refractivity contribution < 1.29 is 4.79 Å². The van der Waals surface area contributed by atoms with Gasteiger partial charge in [-0.15, -0.1) is 0 Å². The lowest BCUT2D eigenvalue weighted by Crippen LogP contribution is -2.16. The number of benzene rings is 1. The van der Waals surface area contributed by atoms with E-state index in [9.17, 15) is 4.79 Å². The largest absolute Gasteiger partial charge is 0.319 e. The quantitative estimate of drug-likeness (QED) is 0.917. The van der Waals surface area contributed by atoms with Gasteiger partial charge in [-0.1, -0.05) is 44.5 Å². The lowest BCUT2D eigenvalue weighted by molar-refractivity contribution is 0.101. The van der Waals surface area contributed by atoms with Gasteiger partial charge in [0, 0.05) is 18.1 Å². The predicted octanol–water partition coefficient (Wildman–Crippen LogP) is 3.68. The molecule has 0 unspecified atom stereocenters. The van der Waals surface area contributed by atoms with Crippen LogP contribution in [-0.2, 0) is 5.41 Å². The molecule has 0 fully saturated rings. The van der Waals surface area contributed by atoms with Crippen molar-refractivity contribution in [3.8, 4) is 0 Å². The van der Waals surface area contributed by atoms with Gasteiger partial charge in [-0.2, -0.15) is 0 Å². The van der Waals surface area contributed by atoms with Gasteiger partial charge in [-0.25, -0.2) is 9.97 Å². The zero-order valence-electron chi connectivity index (χ0n) is 11.6. The van der Waals surface area contributed by atoms with E-state index in [1.165, 1.54) is 12.4 Å². The fourth-order valence-electron chi connectivity index (χ4n) is 1.68. The summed E-state index contributed by atoms with van der Waals surface area (Å²) in [6, 6.07) is 7.74. The van der Waals surface area contributed by atoms with Crippen molar-refractivity contribution in [2.45, 2.75) is 26.2 Å². The van der Waals surface area contributed by atoms with Crippen molar-refractivity contribution in [2.75, 3.05) is 5.32 Å². The molecule has 1 aromatic heterocycles. The molecule has 0 atom stereocenters. The fraction of sp³-hybridized carbons (Fsp3) is 0.267. The molecule has 1 aromatic carbocycles. The standard InChI is InChI=1S/C15H16ClN3O/c1-15(2,3)10-5-4-6-12(7-10)19-14(20)13-17-8-11(16)9-18-13/h4-9H,1-3H3,(H,19,20). The third-order valence-electron chi connectivity index (χ3n) is 2.81. The van der Waals surface area contributed by atoms with Gasteiger partial charge >= 0.3 is 0 Å². The van der Waals surface area contributed by atoms with Crippen molar-refractivity contribution in [3.05, 3.63) is 53.1 Å². The molecule has 1 N–H and O–H groups in total. The van der Waals surface area contributed by atoms with Crippen LogP contribution in [0.4, 0.5) is 5.69 Å². The van der Waals surface area contributed by atoms with Crippen molar-refractivity contribution in [2.24, 2.45) is 0 Å². The first-order chi connectivity index (χ1) is 9.36. The molecule has 0 radical (unpaired) electrons. The molecule has 0 bridgehead atoms. The molecular formula is C15H16ClN3O. The van der Waals surface area contributed by atoms with E-state index < -0.39 is 0 Å². The van der Waals surface area contributed by atoms with E-state index in [1.807, 2.05) is 24.3 Å². The van der Waals surface area contributed by atoms with Crippen molar-refractivity contribution >= 4 is 23.2 Å². The van der Waals surface area contributed by atoms with Crippen molar-refractivity contribution in [1.29, 1.82) is 0 Å². The van der Waals surface area contributed by atoms with Crippen LogP contribution in [0.5, 0.6) is 0 Å². The summed E-state index contributed by atoms with van der Waals surface area (Å²) in [6.07, 6.45) is 2.80. The Morgan fingerprint density at radius 3 is 2.45 bits per heavy atom. The molecule has 0 spiro atoms.